The molecule has 6 nitrogen and oxygen atoms in total. The molecule has 0 spiro atoms. The first-order valence-corrected chi connectivity index (χ1v) is 12.4. The fourth-order valence-electron chi connectivity index (χ4n) is 5.38. The lowest BCUT2D eigenvalue weighted by Gasteiger charge is -2.34. The molecule has 3 heterocycles. The average Bonchev–Trinajstić information content (AvgIpc) is 3.42. The number of piperidine rings is 1. The van der Waals surface area contributed by atoms with Gasteiger partial charge in [-0.3, -0.25) is 4.79 Å². The van der Waals surface area contributed by atoms with Crippen LogP contribution in [-0.4, -0.2) is 53.4 Å². The number of hydrogen-bond donors (Lipinski definition) is 0. The lowest BCUT2D eigenvalue weighted by atomic mass is 9.97. The molecule has 2 saturated heterocycles. The summed E-state index contributed by atoms with van der Waals surface area (Å²) in [7, 11) is 0. The minimum atomic E-state index is -0.160. The van der Waals surface area contributed by atoms with Crippen molar-refractivity contribution in [2.75, 3.05) is 19.7 Å². The van der Waals surface area contributed by atoms with Gasteiger partial charge in [0.05, 0.1) is 18.3 Å². The van der Waals surface area contributed by atoms with Gasteiger partial charge < -0.3 is 18.9 Å². The molecule has 3 aliphatic rings. The van der Waals surface area contributed by atoms with Crippen LogP contribution in [0.3, 0.4) is 0 Å². The van der Waals surface area contributed by atoms with E-state index in [0.717, 1.165) is 55.8 Å². The Hall–Kier alpha value is -2.10. The molecule has 3 fully saturated rings. The van der Waals surface area contributed by atoms with Crippen molar-refractivity contribution in [2.24, 2.45) is 0 Å². The van der Waals surface area contributed by atoms with Crippen molar-refractivity contribution in [3.63, 3.8) is 0 Å². The highest BCUT2D eigenvalue weighted by atomic mass is 16.5. The maximum absolute atomic E-state index is 13.1. The van der Waals surface area contributed by atoms with Crippen LogP contribution in [-0.2, 0) is 20.8 Å². The van der Waals surface area contributed by atoms with E-state index in [1.54, 1.807) is 6.08 Å². The molecule has 1 atom stereocenters. The smallest absolute Gasteiger partial charge is 0.264 e. The Bertz CT molecular complexity index is 862. The van der Waals surface area contributed by atoms with Gasteiger partial charge in [-0.1, -0.05) is 19.3 Å². The van der Waals surface area contributed by atoms with E-state index in [0.29, 0.717) is 19.2 Å². The molecule has 0 N–H and O–H groups in total. The standard InChI is InChI=1S/C26H37N3O3/c1-19-15-21(20(2)29(19)18-25-9-6-14-31-25)16-22(17-27)26(30)28-12-10-24(11-13-28)32-23-7-4-3-5-8-23/h15-16,23-25H,3-14,18H2,1-2H3/b22-16-. The summed E-state index contributed by atoms with van der Waals surface area (Å²) in [5.74, 6) is -0.160. The van der Waals surface area contributed by atoms with E-state index in [-0.39, 0.29) is 23.7 Å². The molecule has 6 heteroatoms. The van der Waals surface area contributed by atoms with Crippen molar-refractivity contribution in [3.05, 3.63) is 28.6 Å². The zero-order valence-electron chi connectivity index (χ0n) is 19.6. The molecule has 0 aromatic carbocycles. The Labute approximate surface area is 192 Å². The molecule has 1 aliphatic carbocycles. The summed E-state index contributed by atoms with van der Waals surface area (Å²) < 4.78 is 14.3. The van der Waals surface area contributed by atoms with Gasteiger partial charge in [0.2, 0.25) is 0 Å². The second-order valence-corrected chi connectivity index (χ2v) is 9.63. The first-order chi connectivity index (χ1) is 15.5. The molecule has 32 heavy (non-hydrogen) atoms. The molecule has 1 saturated carbocycles. The van der Waals surface area contributed by atoms with E-state index < -0.39 is 0 Å². The molecule has 174 valence electrons. The van der Waals surface area contributed by atoms with Crippen LogP contribution in [0.15, 0.2) is 11.6 Å². The van der Waals surface area contributed by atoms with Crippen LogP contribution in [0.2, 0.25) is 0 Å². The second kappa shape index (κ2) is 10.7. The van der Waals surface area contributed by atoms with Crippen molar-refractivity contribution < 1.29 is 14.3 Å². The number of nitriles is 1. The van der Waals surface area contributed by atoms with E-state index in [1.165, 1.54) is 32.1 Å². The Balaban J connectivity index is 1.37. The van der Waals surface area contributed by atoms with Crippen LogP contribution in [0.5, 0.6) is 0 Å². The fraction of sp³-hybridized carbons (Fsp3) is 0.692. The quantitative estimate of drug-likeness (QED) is 0.482. The van der Waals surface area contributed by atoms with Crippen LogP contribution in [0.1, 0.15) is 74.7 Å². The largest absolute Gasteiger partial charge is 0.376 e. The van der Waals surface area contributed by atoms with Crippen molar-refractivity contribution >= 4 is 12.0 Å². The molecule has 1 unspecified atom stereocenters. The minimum Gasteiger partial charge on any atom is -0.376 e. The number of hydrogen-bond acceptors (Lipinski definition) is 4. The monoisotopic (exact) mass is 439 g/mol. The highest BCUT2D eigenvalue weighted by Crippen LogP contribution is 2.26. The van der Waals surface area contributed by atoms with E-state index >= 15 is 0 Å². The maximum Gasteiger partial charge on any atom is 0.264 e. The number of ether oxygens (including phenoxy) is 2. The molecule has 1 aromatic heterocycles. The van der Waals surface area contributed by atoms with Gasteiger partial charge in [-0.2, -0.15) is 5.26 Å². The van der Waals surface area contributed by atoms with E-state index in [4.69, 9.17) is 9.47 Å². The molecule has 1 aromatic rings. The molecule has 0 bridgehead atoms. The zero-order valence-corrected chi connectivity index (χ0v) is 19.6. The van der Waals surface area contributed by atoms with Crippen LogP contribution in [0.4, 0.5) is 0 Å². The SMILES string of the molecule is Cc1cc(/C=C(/C#N)C(=O)N2CCC(OC3CCCCC3)CC2)c(C)n1CC1CCCO1. The summed E-state index contributed by atoms with van der Waals surface area (Å²) in [5.41, 5.74) is 3.38. The summed E-state index contributed by atoms with van der Waals surface area (Å²) in [6.07, 6.45) is 12.8. The summed E-state index contributed by atoms with van der Waals surface area (Å²) in [5, 5.41) is 9.74. The van der Waals surface area contributed by atoms with Gasteiger partial charge in [0, 0.05) is 37.6 Å². The fourth-order valence-corrected chi connectivity index (χ4v) is 5.38. The number of carbonyl (C=O) groups excluding carboxylic acids is 1. The Morgan fingerprint density at radius 1 is 1.12 bits per heavy atom. The number of nitrogens with zero attached hydrogens (tertiary/aromatic N) is 3. The van der Waals surface area contributed by atoms with Crippen molar-refractivity contribution in [1.29, 1.82) is 5.26 Å². The second-order valence-electron chi connectivity index (χ2n) is 9.63. The summed E-state index contributed by atoms with van der Waals surface area (Å²) in [4.78, 5) is 14.9. The lowest BCUT2D eigenvalue weighted by Crippen LogP contribution is -2.42. The Morgan fingerprint density at radius 2 is 1.84 bits per heavy atom. The summed E-state index contributed by atoms with van der Waals surface area (Å²) in [6, 6.07) is 4.23. The highest BCUT2D eigenvalue weighted by molar-refractivity contribution is 6.01. The van der Waals surface area contributed by atoms with E-state index in [2.05, 4.69) is 30.6 Å². The number of aromatic nitrogens is 1. The highest BCUT2D eigenvalue weighted by Gasteiger charge is 2.28. The Morgan fingerprint density at radius 3 is 2.50 bits per heavy atom. The molecule has 0 radical (unpaired) electrons. The first-order valence-electron chi connectivity index (χ1n) is 12.4. The normalized spacial score (nSPS) is 23.5. The van der Waals surface area contributed by atoms with Gasteiger partial charge >= 0.3 is 0 Å². The predicted octanol–water partition coefficient (Wildman–Crippen LogP) is 4.53. The number of likely N-dealkylation sites (tertiary alicyclic amines) is 1. The zero-order chi connectivity index (χ0) is 22.5. The number of carbonyl (C=O) groups is 1. The van der Waals surface area contributed by atoms with Crippen molar-refractivity contribution in [2.45, 2.75) is 96.5 Å². The lowest BCUT2D eigenvalue weighted by molar-refractivity contribution is -0.130. The van der Waals surface area contributed by atoms with Crippen LogP contribution in [0, 0.1) is 25.2 Å². The van der Waals surface area contributed by atoms with Crippen LogP contribution in [0.25, 0.3) is 6.08 Å². The van der Waals surface area contributed by atoms with Crippen molar-refractivity contribution in [1.82, 2.24) is 9.47 Å². The van der Waals surface area contributed by atoms with Crippen LogP contribution < -0.4 is 0 Å². The van der Waals surface area contributed by atoms with E-state index in [9.17, 15) is 10.1 Å². The first kappa shape index (κ1) is 23.1. The molecule has 4 rings (SSSR count). The summed E-state index contributed by atoms with van der Waals surface area (Å²) >= 11 is 0. The third kappa shape index (κ3) is 5.44. The van der Waals surface area contributed by atoms with Gasteiger partial charge in [-0.15, -0.1) is 0 Å². The topological polar surface area (TPSA) is 67.5 Å². The molecule has 1 amide bonds. The van der Waals surface area contributed by atoms with Gasteiger partial charge in [0.1, 0.15) is 11.6 Å². The van der Waals surface area contributed by atoms with Crippen LogP contribution >= 0.6 is 0 Å². The number of amides is 1. The average molecular weight is 440 g/mol. The predicted molar refractivity (Wildman–Crippen MR) is 124 cm³/mol. The van der Waals surface area contributed by atoms with Crippen molar-refractivity contribution in [3.8, 4) is 6.07 Å². The third-order valence-electron chi connectivity index (χ3n) is 7.34. The molecular formula is C26H37N3O3. The Kier molecular flexibility index (Phi) is 7.70. The van der Waals surface area contributed by atoms with Gasteiger partial charge in [0.25, 0.3) is 5.91 Å². The number of aryl methyl sites for hydroxylation is 1. The molecule has 2 aliphatic heterocycles. The van der Waals surface area contributed by atoms with Gasteiger partial charge in [-0.05, 0) is 70.1 Å². The number of rotatable bonds is 6. The van der Waals surface area contributed by atoms with Gasteiger partial charge in [0.15, 0.2) is 0 Å². The van der Waals surface area contributed by atoms with Gasteiger partial charge in [-0.25, -0.2) is 0 Å². The maximum atomic E-state index is 13.1. The summed E-state index contributed by atoms with van der Waals surface area (Å²) in [6.45, 7) is 7.12. The minimum absolute atomic E-state index is 0.160. The third-order valence-corrected chi connectivity index (χ3v) is 7.34. The van der Waals surface area contributed by atoms with E-state index in [1.807, 2.05) is 4.90 Å². The molecular weight excluding hydrogens is 402 g/mol.